The van der Waals surface area contributed by atoms with Crippen LogP contribution < -0.4 is 9.62 Å². The second-order valence-corrected chi connectivity index (χ2v) is 8.39. The first-order valence-corrected chi connectivity index (χ1v) is 10.0. The Bertz CT molecular complexity index is 874. The number of nitrogens with zero attached hydrogens (tertiary/aromatic N) is 1. The van der Waals surface area contributed by atoms with E-state index in [9.17, 15) is 12.8 Å². The number of halogens is 1. The van der Waals surface area contributed by atoms with Gasteiger partial charge in [-0.15, -0.1) is 0 Å². The summed E-state index contributed by atoms with van der Waals surface area (Å²) in [4.78, 5) is 2.31. The van der Waals surface area contributed by atoms with Crippen molar-refractivity contribution < 1.29 is 17.5 Å². The van der Waals surface area contributed by atoms with Gasteiger partial charge in [0.15, 0.2) is 0 Å². The molecule has 1 N–H and O–H groups in total. The molecule has 2 aromatic rings. The number of hydrogen-bond acceptors (Lipinski definition) is 4. The van der Waals surface area contributed by atoms with Crippen molar-refractivity contribution in [3.63, 3.8) is 0 Å². The van der Waals surface area contributed by atoms with Crippen LogP contribution in [0.5, 0.6) is 0 Å². The zero-order chi connectivity index (χ0) is 18.9. The highest BCUT2D eigenvalue weighted by molar-refractivity contribution is 7.92. The third-order valence-corrected chi connectivity index (χ3v) is 5.90. The first-order chi connectivity index (χ1) is 12.3. The number of sulfonamides is 1. The number of hydrogen-bond donors (Lipinski definition) is 1. The molecule has 0 bridgehead atoms. The lowest BCUT2D eigenvalue weighted by atomic mass is 10.1. The fourth-order valence-corrected chi connectivity index (χ4v) is 4.36. The van der Waals surface area contributed by atoms with Crippen LogP contribution in [0.25, 0.3) is 0 Å². The standard InChI is InChI=1S/C19H23FN2O3S/c1-13-10-18(8-9-19(13)20)26(23,24)21-16-4-6-17(7-5-16)22-14(2)11-25-12-15(22)3/h4-10,14-15,21H,11-12H2,1-3H3. The van der Waals surface area contributed by atoms with Crippen LogP contribution in [-0.2, 0) is 14.8 Å². The van der Waals surface area contributed by atoms with E-state index in [0.717, 1.165) is 11.8 Å². The Balaban J connectivity index is 1.79. The average Bonchev–Trinajstić information content (AvgIpc) is 2.58. The van der Waals surface area contributed by atoms with Crippen LogP contribution in [0.1, 0.15) is 19.4 Å². The topological polar surface area (TPSA) is 58.6 Å². The summed E-state index contributed by atoms with van der Waals surface area (Å²) in [5.74, 6) is -0.429. The quantitative estimate of drug-likeness (QED) is 0.884. The largest absolute Gasteiger partial charge is 0.377 e. The molecule has 7 heteroatoms. The van der Waals surface area contributed by atoms with Gasteiger partial charge in [0.2, 0.25) is 0 Å². The van der Waals surface area contributed by atoms with Crippen molar-refractivity contribution in [3.05, 3.63) is 53.8 Å². The molecule has 1 fully saturated rings. The Labute approximate surface area is 153 Å². The van der Waals surface area contributed by atoms with Crippen LogP contribution in [0.2, 0.25) is 0 Å². The van der Waals surface area contributed by atoms with Gasteiger partial charge in [0.05, 0.1) is 18.1 Å². The number of rotatable bonds is 4. The minimum absolute atomic E-state index is 0.0379. The first kappa shape index (κ1) is 18.7. The molecule has 2 atom stereocenters. The van der Waals surface area contributed by atoms with Gasteiger partial charge in [-0.3, -0.25) is 4.72 Å². The van der Waals surface area contributed by atoms with Crippen LogP contribution in [0.4, 0.5) is 15.8 Å². The summed E-state index contributed by atoms with van der Waals surface area (Å²) in [6.07, 6.45) is 0. The van der Waals surface area contributed by atoms with Crippen molar-refractivity contribution in [2.24, 2.45) is 0 Å². The molecule has 3 rings (SSSR count). The van der Waals surface area contributed by atoms with Gasteiger partial charge in [0, 0.05) is 23.5 Å². The Morgan fingerprint density at radius 3 is 2.27 bits per heavy atom. The van der Waals surface area contributed by atoms with E-state index in [1.165, 1.54) is 19.1 Å². The van der Waals surface area contributed by atoms with Gasteiger partial charge in [-0.2, -0.15) is 0 Å². The number of nitrogens with one attached hydrogen (secondary N) is 1. The summed E-state index contributed by atoms with van der Waals surface area (Å²) < 4.78 is 46.4. The SMILES string of the molecule is Cc1cc(S(=O)(=O)Nc2ccc(N3C(C)COCC3C)cc2)ccc1F. The van der Waals surface area contributed by atoms with Crippen LogP contribution in [0, 0.1) is 12.7 Å². The molecule has 2 aromatic carbocycles. The number of anilines is 2. The van der Waals surface area contributed by atoms with Crippen LogP contribution in [-0.4, -0.2) is 33.7 Å². The van der Waals surface area contributed by atoms with E-state index in [1.54, 1.807) is 12.1 Å². The highest BCUT2D eigenvalue weighted by Crippen LogP contribution is 2.26. The highest BCUT2D eigenvalue weighted by Gasteiger charge is 2.25. The summed E-state index contributed by atoms with van der Waals surface area (Å²) in [5, 5.41) is 0. The molecule has 5 nitrogen and oxygen atoms in total. The van der Waals surface area contributed by atoms with Gasteiger partial charge in [-0.05, 0) is 68.8 Å². The Hall–Kier alpha value is -2.12. The Kier molecular flexibility index (Phi) is 5.20. The molecular formula is C19H23FN2O3S. The minimum atomic E-state index is -3.76. The molecule has 0 aliphatic carbocycles. The lowest BCUT2D eigenvalue weighted by Gasteiger charge is -2.40. The normalized spacial score (nSPS) is 20.8. The molecule has 0 radical (unpaired) electrons. The smallest absolute Gasteiger partial charge is 0.261 e. The number of benzene rings is 2. The van der Waals surface area contributed by atoms with E-state index in [2.05, 4.69) is 23.5 Å². The fraction of sp³-hybridized carbons (Fsp3) is 0.368. The average molecular weight is 378 g/mol. The van der Waals surface area contributed by atoms with E-state index in [0.29, 0.717) is 24.5 Å². The number of ether oxygens (including phenoxy) is 1. The molecule has 26 heavy (non-hydrogen) atoms. The van der Waals surface area contributed by atoms with Gasteiger partial charge in [0.1, 0.15) is 5.82 Å². The second-order valence-electron chi connectivity index (χ2n) is 6.71. The van der Waals surface area contributed by atoms with E-state index >= 15 is 0 Å². The monoisotopic (exact) mass is 378 g/mol. The second kappa shape index (κ2) is 7.25. The first-order valence-electron chi connectivity index (χ1n) is 8.53. The highest BCUT2D eigenvalue weighted by atomic mass is 32.2. The van der Waals surface area contributed by atoms with Gasteiger partial charge in [-0.1, -0.05) is 0 Å². The summed E-state index contributed by atoms with van der Waals surface area (Å²) in [6.45, 7) is 7.07. The maximum atomic E-state index is 13.4. The summed E-state index contributed by atoms with van der Waals surface area (Å²) in [5.41, 5.74) is 1.77. The maximum absolute atomic E-state index is 13.4. The van der Waals surface area contributed by atoms with Gasteiger partial charge >= 0.3 is 0 Å². The molecule has 140 valence electrons. The molecule has 1 aliphatic heterocycles. The third kappa shape index (κ3) is 3.83. The predicted molar refractivity (Wildman–Crippen MR) is 101 cm³/mol. The summed E-state index contributed by atoms with van der Waals surface area (Å²) >= 11 is 0. The molecule has 2 unspecified atom stereocenters. The minimum Gasteiger partial charge on any atom is -0.377 e. The van der Waals surface area contributed by atoms with Gasteiger partial charge < -0.3 is 9.64 Å². The molecule has 0 saturated carbocycles. The Morgan fingerprint density at radius 2 is 1.69 bits per heavy atom. The van der Waals surface area contributed by atoms with Gasteiger partial charge in [-0.25, -0.2) is 12.8 Å². The summed E-state index contributed by atoms with van der Waals surface area (Å²) in [7, 11) is -3.76. The zero-order valence-electron chi connectivity index (χ0n) is 15.1. The summed E-state index contributed by atoms with van der Waals surface area (Å²) in [6, 6.07) is 11.5. The molecule has 1 saturated heterocycles. The molecule has 1 aliphatic rings. The van der Waals surface area contributed by atoms with Crippen LogP contribution in [0.3, 0.4) is 0 Å². The number of morpholine rings is 1. The zero-order valence-corrected chi connectivity index (χ0v) is 15.9. The van der Waals surface area contributed by atoms with Crippen LogP contribution >= 0.6 is 0 Å². The number of aryl methyl sites for hydroxylation is 1. The maximum Gasteiger partial charge on any atom is 0.261 e. The van der Waals surface area contributed by atoms with Crippen molar-refractivity contribution in [2.45, 2.75) is 37.8 Å². The van der Waals surface area contributed by atoms with E-state index in [1.807, 2.05) is 12.1 Å². The lowest BCUT2D eigenvalue weighted by Crippen LogP contribution is -2.49. The fourth-order valence-electron chi connectivity index (χ4n) is 3.21. The van der Waals surface area contributed by atoms with Crippen molar-refractivity contribution in [1.82, 2.24) is 0 Å². The lowest BCUT2D eigenvalue weighted by molar-refractivity contribution is 0.0757. The Morgan fingerprint density at radius 1 is 1.08 bits per heavy atom. The molecular weight excluding hydrogens is 355 g/mol. The molecule has 0 aromatic heterocycles. The molecule has 0 amide bonds. The van der Waals surface area contributed by atoms with E-state index in [-0.39, 0.29) is 17.0 Å². The van der Waals surface area contributed by atoms with Crippen molar-refractivity contribution in [1.29, 1.82) is 0 Å². The van der Waals surface area contributed by atoms with Gasteiger partial charge in [0.25, 0.3) is 10.0 Å². The van der Waals surface area contributed by atoms with Crippen LogP contribution in [0.15, 0.2) is 47.4 Å². The van der Waals surface area contributed by atoms with Crippen molar-refractivity contribution in [2.75, 3.05) is 22.8 Å². The molecule has 0 spiro atoms. The predicted octanol–water partition coefficient (Wildman–Crippen LogP) is 3.55. The van der Waals surface area contributed by atoms with E-state index in [4.69, 9.17) is 4.74 Å². The van der Waals surface area contributed by atoms with Crippen molar-refractivity contribution in [3.8, 4) is 0 Å². The van der Waals surface area contributed by atoms with Crippen molar-refractivity contribution >= 4 is 21.4 Å². The third-order valence-electron chi connectivity index (χ3n) is 4.53. The van der Waals surface area contributed by atoms with E-state index < -0.39 is 15.8 Å². The molecule has 1 heterocycles.